The molecule has 27 heavy (non-hydrogen) atoms. The molecule has 0 aromatic heterocycles. The third kappa shape index (κ3) is 12.9. The molecule has 0 aromatic rings. The van der Waals surface area contributed by atoms with Crippen LogP contribution in [0.3, 0.4) is 0 Å². The minimum Gasteiger partial charge on any atom is -0.301 e. The molecule has 0 aromatic carbocycles. The Bertz CT molecular complexity index is 426. The average Bonchev–Trinajstić information content (AvgIpc) is 2.66. The average molecular weight is 420 g/mol. The second kappa shape index (κ2) is 16.9. The lowest BCUT2D eigenvalue weighted by atomic mass is 9.91. The van der Waals surface area contributed by atoms with Crippen LogP contribution in [-0.4, -0.2) is 18.0 Å². The van der Waals surface area contributed by atoms with Crippen LogP contribution < -0.4 is 0 Å². The number of rotatable bonds is 19. The Balaban J connectivity index is 5.02. The molecule has 0 saturated heterocycles. The fourth-order valence-corrected chi connectivity index (χ4v) is 6.94. The molecule has 0 saturated carbocycles. The van der Waals surface area contributed by atoms with Crippen molar-refractivity contribution in [3.63, 3.8) is 0 Å². The van der Waals surface area contributed by atoms with Gasteiger partial charge in [0.1, 0.15) is 0 Å². The molecule has 1 unspecified atom stereocenters. The van der Waals surface area contributed by atoms with Crippen LogP contribution in [0, 0.1) is 11.3 Å². The zero-order chi connectivity index (χ0) is 20.4. The molecule has 0 aliphatic carbocycles. The van der Waals surface area contributed by atoms with Crippen molar-refractivity contribution >= 4 is 18.2 Å². The summed E-state index contributed by atoms with van der Waals surface area (Å²) < 4.78 is 24.8. The van der Waals surface area contributed by atoms with Gasteiger partial charge in [-0.15, -0.1) is 0 Å². The first-order valence-corrected chi connectivity index (χ1v) is 14.2. The first-order chi connectivity index (χ1) is 13.0. The van der Waals surface area contributed by atoms with E-state index in [0.29, 0.717) is 25.2 Å². The van der Waals surface area contributed by atoms with Gasteiger partial charge in [0, 0.05) is 5.75 Å². The number of hydrogen-bond donors (Lipinski definition) is 0. The van der Waals surface area contributed by atoms with Gasteiger partial charge in [-0.05, 0) is 50.4 Å². The Hall–Kier alpha value is -0.0100. The van der Waals surface area contributed by atoms with E-state index in [9.17, 15) is 9.83 Å². The predicted molar refractivity (Wildman–Crippen MR) is 118 cm³/mol. The van der Waals surface area contributed by atoms with Crippen LogP contribution in [-0.2, 0) is 13.6 Å². The molecule has 0 heterocycles. The normalized spacial score (nSPS) is 14.0. The van der Waals surface area contributed by atoms with Crippen LogP contribution >= 0.6 is 18.2 Å². The van der Waals surface area contributed by atoms with Crippen LogP contribution in [0.25, 0.3) is 0 Å². The van der Waals surface area contributed by atoms with Gasteiger partial charge in [-0.2, -0.15) is 5.26 Å². The summed E-state index contributed by atoms with van der Waals surface area (Å²) in [5.74, 6) is 0.714. The monoisotopic (exact) mass is 419 g/mol. The maximum absolute atomic E-state index is 13.2. The molecule has 0 bridgehead atoms. The zero-order valence-electron chi connectivity index (χ0n) is 18.1. The van der Waals surface area contributed by atoms with Gasteiger partial charge in [0.15, 0.2) is 5.60 Å². The van der Waals surface area contributed by atoms with E-state index in [0.717, 1.165) is 32.1 Å². The predicted octanol–water partition coefficient (Wildman–Crippen LogP) is 8.27. The SMILES string of the molecule is CCCCCCCC(C#N)(CCCCCCC)OP(=O)(OCC)SCCC. The summed E-state index contributed by atoms with van der Waals surface area (Å²) in [6.07, 6.45) is 13.5. The van der Waals surface area contributed by atoms with Crippen LogP contribution in [0.15, 0.2) is 0 Å². The maximum Gasteiger partial charge on any atom is 0.390 e. The van der Waals surface area contributed by atoms with Gasteiger partial charge < -0.3 is 4.52 Å². The Labute approximate surface area is 172 Å². The fourth-order valence-electron chi connectivity index (χ4n) is 3.04. The van der Waals surface area contributed by atoms with Gasteiger partial charge in [0.2, 0.25) is 0 Å². The number of hydrogen-bond acceptors (Lipinski definition) is 5. The lowest BCUT2D eigenvalue weighted by Gasteiger charge is -2.30. The van der Waals surface area contributed by atoms with Gasteiger partial charge in [-0.25, -0.2) is 4.57 Å². The topological polar surface area (TPSA) is 59.3 Å². The third-order valence-corrected chi connectivity index (χ3v) is 8.69. The van der Waals surface area contributed by atoms with Crippen molar-refractivity contribution < 1.29 is 13.6 Å². The lowest BCUT2D eigenvalue weighted by molar-refractivity contribution is 0.0826. The Morgan fingerprint density at radius 2 is 1.37 bits per heavy atom. The van der Waals surface area contributed by atoms with Crippen LogP contribution in [0.4, 0.5) is 0 Å². The van der Waals surface area contributed by atoms with Gasteiger partial charge in [-0.1, -0.05) is 72.1 Å². The molecule has 0 fully saturated rings. The molecule has 0 aliphatic rings. The third-order valence-electron chi connectivity index (χ3n) is 4.60. The summed E-state index contributed by atoms with van der Waals surface area (Å²) in [5.41, 5.74) is -0.982. The Morgan fingerprint density at radius 3 is 1.78 bits per heavy atom. The Kier molecular flexibility index (Phi) is 16.9. The second-order valence-electron chi connectivity index (χ2n) is 7.22. The highest BCUT2D eigenvalue weighted by Gasteiger charge is 2.40. The molecule has 4 nitrogen and oxygen atoms in total. The molecule has 6 heteroatoms. The summed E-state index contributed by atoms with van der Waals surface area (Å²) in [7, 11) is 0. The van der Waals surface area contributed by atoms with Crippen molar-refractivity contribution in [3.8, 4) is 6.07 Å². The van der Waals surface area contributed by atoms with Gasteiger partial charge in [-0.3, -0.25) is 4.52 Å². The minimum absolute atomic E-state index is 0.336. The van der Waals surface area contributed by atoms with Gasteiger partial charge >= 0.3 is 6.80 Å². The van der Waals surface area contributed by atoms with E-state index in [4.69, 9.17) is 9.05 Å². The molecule has 0 aliphatic heterocycles. The zero-order valence-corrected chi connectivity index (χ0v) is 19.8. The molecule has 0 radical (unpaired) electrons. The van der Waals surface area contributed by atoms with Crippen LogP contribution in [0.1, 0.15) is 111 Å². The van der Waals surface area contributed by atoms with E-state index in [1.807, 2.05) is 13.8 Å². The summed E-state index contributed by atoms with van der Waals surface area (Å²) in [6, 6.07) is 2.40. The van der Waals surface area contributed by atoms with E-state index < -0.39 is 12.4 Å². The summed E-state index contributed by atoms with van der Waals surface area (Å²) in [5, 5.41) is 9.98. The van der Waals surface area contributed by atoms with Crippen molar-refractivity contribution in [2.75, 3.05) is 12.4 Å². The molecular formula is C21H42NO3PS. The van der Waals surface area contributed by atoms with E-state index >= 15 is 0 Å². The first-order valence-electron chi connectivity index (χ1n) is 11.0. The number of unbranched alkanes of at least 4 members (excludes halogenated alkanes) is 8. The molecule has 0 N–H and O–H groups in total. The molecule has 0 rings (SSSR count). The first kappa shape index (κ1) is 27.0. The largest absolute Gasteiger partial charge is 0.390 e. The smallest absolute Gasteiger partial charge is 0.301 e. The van der Waals surface area contributed by atoms with Gasteiger partial charge in [0.25, 0.3) is 0 Å². The van der Waals surface area contributed by atoms with E-state index in [2.05, 4.69) is 19.9 Å². The van der Waals surface area contributed by atoms with Crippen molar-refractivity contribution in [1.29, 1.82) is 5.26 Å². The highest BCUT2D eigenvalue weighted by molar-refractivity contribution is 8.55. The highest BCUT2D eigenvalue weighted by Crippen LogP contribution is 2.63. The lowest BCUT2D eigenvalue weighted by Crippen LogP contribution is -2.30. The van der Waals surface area contributed by atoms with Crippen molar-refractivity contribution in [1.82, 2.24) is 0 Å². The Morgan fingerprint density at radius 1 is 0.852 bits per heavy atom. The molecule has 160 valence electrons. The second-order valence-corrected chi connectivity index (χ2v) is 11.3. The molecule has 1 atom stereocenters. The molecule has 0 amide bonds. The molecule has 0 spiro atoms. The van der Waals surface area contributed by atoms with Crippen molar-refractivity contribution in [2.24, 2.45) is 0 Å². The maximum atomic E-state index is 13.2. The van der Waals surface area contributed by atoms with E-state index in [-0.39, 0.29) is 0 Å². The van der Waals surface area contributed by atoms with E-state index in [1.165, 1.54) is 49.9 Å². The van der Waals surface area contributed by atoms with Crippen LogP contribution in [0.5, 0.6) is 0 Å². The van der Waals surface area contributed by atoms with Crippen molar-refractivity contribution in [3.05, 3.63) is 0 Å². The summed E-state index contributed by atoms with van der Waals surface area (Å²) in [6.45, 7) is 5.30. The number of nitriles is 1. The quantitative estimate of drug-likeness (QED) is 0.156. The summed E-state index contributed by atoms with van der Waals surface area (Å²) in [4.78, 5) is 0. The standard InChI is InChI=1S/C21H42NO3PS/c1-5-9-11-13-15-17-21(20-22,18-16-14-12-10-6-2)25-26(23,24-8-4)27-19-7-3/h5-19H2,1-4H3. The summed E-state index contributed by atoms with van der Waals surface area (Å²) >= 11 is 1.25. The highest BCUT2D eigenvalue weighted by atomic mass is 32.7. The minimum atomic E-state index is -3.30. The number of nitrogens with zero attached hydrogens (tertiary/aromatic N) is 1. The fraction of sp³-hybridized carbons (Fsp3) is 0.952. The van der Waals surface area contributed by atoms with E-state index in [1.54, 1.807) is 0 Å². The van der Waals surface area contributed by atoms with Crippen molar-refractivity contribution in [2.45, 2.75) is 117 Å². The molecular weight excluding hydrogens is 377 g/mol. The van der Waals surface area contributed by atoms with Gasteiger partial charge in [0.05, 0.1) is 12.7 Å². The van der Waals surface area contributed by atoms with Crippen LogP contribution in [0.2, 0.25) is 0 Å².